The first-order valence-corrected chi connectivity index (χ1v) is 9.98. The number of aliphatic hydroxyl groups excluding tert-OH is 6. The first kappa shape index (κ1) is 24.3. The number of methoxy groups -OCH3 is 1. The van der Waals surface area contributed by atoms with Crippen molar-refractivity contribution >= 4 is 0 Å². The molecule has 0 bridgehead atoms. The summed E-state index contributed by atoms with van der Waals surface area (Å²) in [7, 11) is 1.55. The Labute approximate surface area is 179 Å². The van der Waals surface area contributed by atoms with Crippen LogP contribution < -0.4 is 4.74 Å². The summed E-state index contributed by atoms with van der Waals surface area (Å²) in [5.41, 5.74) is 0.769. The predicted molar refractivity (Wildman–Crippen MR) is 103 cm³/mol. The molecule has 10 unspecified atom stereocenters. The second-order valence-corrected chi connectivity index (χ2v) is 7.69. The zero-order valence-corrected chi connectivity index (χ0v) is 17.2. The third kappa shape index (κ3) is 5.52. The van der Waals surface area contributed by atoms with Crippen molar-refractivity contribution in [2.45, 2.75) is 74.9 Å². The van der Waals surface area contributed by atoms with E-state index in [1.165, 1.54) is 6.92 Å². The molecule has 0 aromatic heterocycles. The Kier molecular flexibility index (Phi) is 8.21. The van der Waals surface area contributed by atoms with E-state index in [2.05, 4.69) is 0 Å². The summed E-state index contributed by atoms with van der Waals surface area (Å²) in [4.78, 5) is 0. The Morgan fingerprint density at radius 1 is 0.742 bits per heavy atom. The highest BCUT2D eigenvalue weighted by atomic mass is 16.7. The molecule has 0 spiro atoms. The average molecular weight is 446 g/mol. The van der Waals surface area contributed by atoms with Crippen LogP contribution in [0.4, 0.5) is 0 Å². The minimum atomic E-state index is -1.56. The highest BCUT2D eigenvalue weighted by Gasteiger charge is 2.46. The van der Waals surface area contributed by atoms with Crippen molar-refractivity contribution in [2.75, 3.05) is 13.7 Å². The lowest BCUT2D eigenvalue weighted by Crippen LogP contribution is -2.61. The zero-order valence-electron chi connectivity index (χ0n) is 17.2. The van der Waals surface area contributed by atoms with E-state index in [4.69, 9.17) is 23.7 Å². The molecule has 2 aliphatic rings. The topological polar surface area (TPSA) is 168 Å². The van der Waals surface area contributed by atoms with E-state index in [9.17, 15) is 30.6 Å². The number of rotatable bonds is 7. The maximum absolute atomic E-state index is 10.2. The number of hydrogen-bond acceptors (Lipinski definition) is 11. The van der Waals surface area contributed by atoms with Crippen LogP contribution in [0, 0.1) is 0 Å². The second kappa shape index (κ2) is 10.5. The standard InChI is InChI=1S/C20H30O11/c1-9-13(21)15(23)17(25)19(30-9)29-8-12-14(22)16(24)18(26)20(31-12)28-7-10-3-5-11(27-2)6-4-10/h3-6,9,12-26H,7-8H2,1-2H3. The monoisotopic (exact) mass is 446 g/mol. The Morgan fingerprint density at radius 3 is 1.94 bits per heavy atom. The zero-order chi connectivity index (χ0) is 22.7. The van der Waals surface area contributed by atoms with E-state index in [0.29, 0.717) is 5.75 Å². The van der Waals surface area contributed by atoms with E-state index in [1.54, 1.807) is 31.4 Å². The van der Waals surface area contributed by atoms with Crippen LogP contribution in [0.1, 0.15) is 12.5 Å². The first-order valence-electron chi connectivity index (χ1n) is 9.98. The molecule has 0 aliphatic carbocycles. The Hall–Kier alpha value is -1.38. The van der Waals surface area contributed by atoms with Gasteiger partial charge in [0, 0.05) is 0 Å². The molecule has 11 heteroatoms. The van der Waals surface area contributed by atoms with Crippen molar-refractivity contribution in [2.24, 2.45) is 0 Å². The van der Waals surface area contributed by atoms with Gasteiger partial charge in [-0.25, -0.2) is 0 Å². The van der Waals surface area contributed by atoms with Gasteiger partial charge in [0.15, 0.2) is 12.6 Å². The molecular weight excluding hydrogens is 416 g/mol. The van der Waals surface area contributed by atoms with Crippen molar-refractivity contribution < 1.29 is 54.3 Å². The van der Waals surface area contributed by atoms with Gasteiger partial charge in [0.2, 0.25) is 0 Å². The Bertz CT molecular complexity index is 686. The van der Waals surface area contributed by atoms with Gasteiger partial charge in [-0.15, -0.1) is 0 Å². The number of benzene rings is 1. The minimum absolute atomic E-state index is 0.0636. The van der Waals surface area contributed by atoms with Crippen LogP contribution in [0.3, 0.4) is 0 Å². The number of hydrogen-bond donors (Lipinski definition) is 6. The summed E-state index contributed by atoms with van der Waals surface area (Å²) in [5, 5.41) is 60.2. The minimum Gasteiger partial charge on any atom is -0.497 e. The summed E-state index contributed by atoms with van der Waals surface area (Å²) in [5.74, 6) is 0.674. The van der Waals surface area contributed by atoms with Gasteiger partial charge < -0.3 is 54.3 Å². The molecule has 0 radical (unpaired) electrons. The van der Waals surface area contributed by atoms with Gasteiger partial charge in [-0.05, 0) is 24.6 Å². The molecule has 0 saturated carbocycles. The molecule has 6 N–H and O–H groups in total. The maximum Gasteiger partial charge on any atom is 0.187 e. The van der Waals surface area contributed by atoms with Crippen molar-refractivity contribution in [3.05, 3.63) is 29.8 Å². The second-order valence-electron chi connectivity index (χ2n) is 7.69. The third-order valence-electron chi connectivity index (χ3n) is 5.47. The van der Waals surface area contributed by atoms with Gasteiger partial charge in [0.05, 0.1) is 26.4 Å². The molecule has 0 amide bonds. The fourth-order valence-corrected chi connectivity index (χ4v) is 3.43. The molecule has 2 saturated heterocycles. The van der Waals surface area contributed by atoms with Gasteiger partial charge in [0.1, 0.15) is 48.5 Å². The van der Waals surface area contributed by atoms with E-state index < -0.39 is 61.4 Å². The third-order valence-corrected chi connectivity index (χ3v) is 5.47. The largest absolute Gasteiger partial charge is 0.497 e. The van der Waals surface area contributed by atoms with Gasteiger partial charge in [-0.1, -0.05) is 12.1 Å². The van der Waals surface area contributed by atoms with E-state index in [1.807, 2.05) is 0 Å². The van der Waals surface area contributed by atoms with Crippen molar-refractivity contribution in [1.82, 2.24) is 0 Å². The highest BCUT2D eigenvalue weighted by Crippen LogP contribution is 2.26. The van der Waals surface area contributed by atoms with Crippen LogP contribution >= 0.6 is 0 Å². The fraction of sp³-hybridized carbons (Fsp3) is 0.700. The smallest absolute Gasteiger partial charge is 0.187 e. The summed E-state index contributed by atoms with van der Waals surface area (Å²) in [6.45, 7) is 1.23. The molecule has 3 rings (SSSR count). The van der Waals surface area contributed by atoms with Crippen molar-refractivity contribution in [1.29, 1.82) is 0 Å². The van der Waals surface area contributed by atoms with Gasteiger partial charge in [0.25, 0.3) is 0 Å². The van der Waals surface area contributed by atoms with Crippen LogP contribution in [0.25, 0.3) is 0 Å². The lowest BCUT2D eigenvalue weighted by atomic mass is 9.98. The lowest BCUT2D eigenvalue weighted by Gasteiger charge is -2.42. The van der Waals surface area contributed by atoms with Crippen LogP contribution in [0.15, 0.2) is 24.3 Å². The van der Waals surface area contributed by atoms with Crippen molar-refractivity contribution in [3.8, 4) is 5.75 Å². The number of ether oxygens (including phenoxy) is 5. The summed E-state index contributed by atoms with van der Waals surface area (Å²) in [6, 6.07) is 7.02. The fourth-order valence-electron chi connectivity index (χ4n) is 3.43. The molecule has 2 fully saturated rings. The molecule has 2 aliphatic heterocycles. The Balaban J connectivity index is 1.57. The van der Waals surface area contributed by atoms with Crippen LogP contribution in [0.5, 0.6) is 5.75 Å². The highest BCUT2D eigenvalue weighted by molar-refractivity contribution is 5.26. The summed E-state index contributed by atoms with van der Waals surface area (Å²) >= 11 is 0. The van der Waals surface area contributed by atoms with E-state index in [-0.39, 0.29) is 13.2 Å². The van der Waals surface area contributed by atoms with E-state index >= 15 is 0 Å². The van der Waals surface area contributed by atoms with Crippen LogP contribution in [0.2, 0.25) is 0 Å². The number of aliphatic hydroxyl groups is 6. The first-order chi connectivity index (χ1) is 14.7. The van der Waals surface area contributed by atoms with Gasteiger partial charge in [-0.2, -0.15) is 0 Å². The molecule has 176 valence electrons. The SMILES string of the molecule is COc1ccc(COC2OC(COC3OC(C)C(O)C(O)C3O)C(O)C(O)C2O)cc1. The quantitative estimate of drug-likeness (QED) is 0.270. The van der Waals surface area contributed by atoms with Gasteiger partial charge in [-0.3, -0.25) is 0 Å². The molecule has 11 nitrogen and oxygen atoms in total. The molecule has 1 aromatic carbocycles. The summed E-state index contributed by atoms with van der Waals surface area (Å²) in [6.07, 6.45) is -13.3. The van der Waals surface area contributed by atoms with Crippen LogP contribution in [-0.2, 0) is 25.6 Å². The molecule has 10 atom stereocenters. The molecular formula is C20H30O11. The summed E-state index contributed by atoms with van der Waals surface area (Å²) < 4.78 is 27.0. The van der Waals surface area contributed by atoms with Gasteiger partial charge >= 0.3 is 0 Å². The normalized spacial score (nSPS) is 41.2. The maximum atomic E-state index is 10.2. The lowest BCUT2D eigenvalue weighted by molar-refractivity contribution is -0.329. The Morgan fingerprint density at radius 2 is 1.32 bits per heavy atom. The van der Waals surface area contributed by atoms with Crippen molar-refractivity contribution in [3.63, 3.8) is 0 Å². The van der Waals surface area contributed by atoms with Crippen LogP contribution in [-0.4, -0.2) is 106 Å². The molecule has 31 heavy (non-hydrogen) atoms. The molecule has 1 aromatic rings. The average Bonchev–Trinajstić information content (AvgIpc) is 2.78. The van der Waals surface area contributed by atoms with E-state index in [0.717, 1.165) is 5.56 Å². The predicted octanol–water partition coefficient (Wildman–Crippen LogP) is -2.14. The molecule has 2 heterocycles.